The zero-order valence-electron chi connectivity index (χ0n) is 43.6. The second-order valence-electron chi connectivity index (χ2n) is 18.4. The van der Waals surface area contributed by atoms with E-state index < -0.39 is 21.8 Å². The second kappa shape index (κ2) is 18.8. The molecule has 0 aliphatic carbocycles. The molecule has 9 rings (SSSR count). The summed E-state index contributed by atoms with van der Waals surface area (Å²) >= 11 is 0. The van der Waals surface area contributed by atoms with Gasteiger partial charge in [0.25, 0.3) is 0 Å². The molecule has 0 bridgehead atoms. The summed E-state index contributed by atoms with van der Waals surface area (Å²) in [5, 5.41) is 2.42. The Morgan fingerprint density at radius 2 is 1.48 bits per heavy atom. The Balaban J connectivity index is 0.000000281. The fourth-order valence-corrected chi connectivity index (χ4v) is 10.1. The molecule has 0 aliphatic heterocycles. The first kappa shape index (κ1) is 38.1. The van der Waals surface area contributed by atoms with Crippen LogP contribution in [0.15, 0.2) is 132 Å². The van der Waals surface area contributed by atoms with Crippen LogP contribution in [0.1, 0.15) is 89.4 Å². The number of pyridine rings is 1. The molecule has 0 saturated heterocycles. The summed E-state index contributed by atoms with van der Waals surface area (Å²) in [6.45, 7) is 15.7. The van der Waals surface area contributed by atoms with E-state index in [4.69, 9.17) is 17.6 Å². The van der Waals surface area contributed by atoms with Gasteiger partial charge >= 0.3 is 0 Å². The number of benzene rings is 6. The van der Waals surface area contributed by atoms with Gasteiger partial charge < -0.3 is 14.0 Å². The number of imidazole rings is 1. The van der Waals surface area contributed by atoms with Crippen LogP contribution in [-0.4, -0.2) is 22.6 Å². The quantitative estimate of drug-likeness (QED) is 0.107. The molecule has 0 N–H and O–H groups in total. The monoisotopic (exact) mass is 1030 g/mol. The summed E-state index contributed by atoms with van der Waals surface area (Å²) in [7, 11) is -1.34. The van der Waals surface area contributed by atoms with E-state index in [0.29, 0.717) is 39.2 Å². The number of aryl methyl sites for hydroxylation is 2. The van der Waals surface area contributed by atoms with Gasteiger partial charge in [-0.3, -0.25) is 4.98 Å². The van der Waals surface area contributed by atoms with E-state index in [0.717, 1.165) is 56.7 Å². The minimum atomic E-state index is -2.46. The minimum Gasteiger partial charge on any atom is -0.501 e. The topological polar surface area (TPSA) is 43.9 Å². The number of para-hydroxylation sites is 2. The van der Waals surface area contributed by atoms with Gasteiger partial charge in [0, 0.05) is 45.6 Å². The van der Waals surface area contributed by atoms with Crippen molar-refractivity contribution in [3.63, 3.8) is 0 Å². The van der Waals surface area contributed by atoms with Crippen LogP contribution in [0.2, 0.25) is 19.6 Å². The van der Waals surface area contributed by atoms with Crippen molar-refractivity contribution in [3.8, 4) is 39.5 Å². The number of hydrogen-bond acceptors (Lipinski definition) is 3. The van der Waals surface area contributed by atoms with Crippen molar-refractivity contribution < 1.29 is 32.7 Å². The van der Waals surface area contributed by atoms with E-state index in [1.54, 1.807) is 6.07 Å². The number of fused-ring (bicyclic) bond motifs is 4. The predicted molar refractivity (Wildman–Crippen MR) is 266 cm³/mol. The molecule has 6 aromatic carbocycles. The van der Waals surface area contributed by atoms with Crippen molar-refractivity contribution in [1.82, 2.24) is 14.5 Å². The van der Waals surface area contributed by atoms with Crippen molar-refractivity contribution >= 4 is 46.2 Å². The summed E-state index contributed by atoms with van der Waals surface area (Å²) in [5.74, 6) is 1.54. The number of aromatic nitrogens is 3. The van der Waals surface area contributed by atoms with E-state index in [1.807, 2.05) is 60.7 Å². The van der Waals surface area contributed by atoms with Gasteiger partial charge in [-0.2, -0.15) is 0 Å². The molecular weight excluding hydrogens is 963 g/mol. The van der Waals surface area contributed by atoms with Crippen LogP contribution in [0.25, 0.3) is 72.4 Å². The van der Waals surface area contributed by atoms with Gasteiger partial charge in [0.05, 0.1) is 30.5 Å². The molecule has 0 saturated carbocycles. The molecule has 4 nitrogen and oxygen atoms in total. The van der Waals surface area contributed by atoms with Crippen LogP contribution < -0.4 is 5.19 Å². The van der Waals surface area contributed by atoms with Crippen molar-refractivity contribution in [3.05, 3.63) is 167 Å². The smallest absolute Gasteiger partial charge is 0.121 e. The van der Waals surface area contributed by atoms with Gasteiger partial charge in [-0.25, -0.2) is 0 Å². The predicted octanol–water partition coefficient (Wildman–Crippen LogP) is 15.2. The fourth-order valence-electron chi connectivity index (χ4n) is 8.51. The molecule has 9 aromatic rings. The van der Waals surface area contributed by atoms with E-state index >= 15 is 0 Å². The normalized spacial score (nSPS) is 13.6. The SMILES string of the molecule is CC(C)Cc1cc(-c2[c-]cccc2)ncc1[Si](C)(C)C.[2H]C([2H])([2H])c1ccc2c(c1)oc1c(-c3nc4ccccc4n3-c3c(C(C)C)cc(-c4ccccc4)cc3C(C)C)[c-]cc(C([2H])([2H])[2H])c12.[Ir]. The Hall–Kier alpha value is -5.39. The van der Waals surface area contributed by atoms with E-state index in [1.165, 1.54) is 28.9 Å². The third-order valence-electron chi connectivity index (χ3n) is 11.5. The molecule has 3 aromatic heterocycles. The first-order valence-corrected chi connectivity index (χ1v) is 25.2. The molecule has 0 spiro atoms. The Bertz CT molecular complexity index is 3230. The zero-order chi connectivity index (χ0) is 48.9. The molecule has 0 fully saturated rings. The van der Waals surface area contributed by atoms with Gasteiger partial charge in [-0.1, -0.05) is 145 Å². The molecule has 63 heavy (non-hydrogen) atoms. The Labute approximate surface area is 397 Å². The van der Waals surface area contributed by atoms with Crippen molar-refractivity contribution in [2.45, 2.75) is 93.1 Å². The van der Waals surface area contributed by atoms with Crippen molar-refractivity contribution in [2.24, 2.45) is 5.92 Å². The van der Waals surface area contributed by atoms with Gasteiger partial charge in [0.1, 0.15) is 5.58 Å². The molecule has 6 heteroatoms. The molecule has 0 unspecified atom stereocenters. The number of rotatable bonds is 9. The van der Waals surface area contributed by atoms with Gasteiger partial charge in [0.2, 0.25) is 0 Å². The number of hydrogen-bond donors (Lipinski definition) is 0. The Kier molecular flexibility index (Phi) is 11.3. The third kappa shape index (κ3) is 9.32. The first-order valence-electron chi connectivity index (χ1n) is 24.7. The number of nitrogens with zero attached hydrogens (tertiary/aromatic N) is 3. The van der Waals surface area contributed by atoms with Gasteiger partial charge in [-0.05, 0) is 100 Å². The largest absolute Gasteiger partial charge is 0.501 e. The molecule has 0 aliphatic rings. The fraction of sp³-hybridized carbons (Fsp3) is 0.263. The number of furan rings is 1. The first-order chi connectivity index (χ1) is 32.1. The minimum absolute atomic E-state index is 0. The average molecular weight is 1030 g/mol. The summed E-state index contributed by atoms with van der Waals surface area (Å²) in [4.78, 5) is 9.84. The van der Waals surface area contributed by atoms with E-state index in [9.17, 15) is 0 Å². The summed E-state index contributed by atoms with van der Waals surface area (Å²) < 4.78 is 57.5. The second-order valence-corrected chi connectivity index (χ2v) is 23.4. The Morgan fingerprint density at radius 1 is 0.762 bits per heavy atom. The van der Waals surface area contributed by atoms with Crippen LogP contribution in [0, 0.1) is 31.8 Å². The standard InChI is InChI=1S/C39H35N2O.C18H24NSi.Ir/c1-23(2)31-21-28(27-12-8-7-9-13-27)22-32(24(3)4)37(31)41-34-15-11-10-14-33(34)40-39(41)30-19-17-26(6)36-29-18-16-25(5)20-35(29)42-38(30)36;1-14(2)11-16-12-17(15-9-7-6-8-10-15)19-13-18(16)20(3,4)5;/h7-18,20-24H,1-6H3;6-9,12-14H,11H2,1-5H3;/q2*-1;/i5D3,6D3;;. The van der Waals surface area contributed by atoms with Crippen LogP contribution >= 0.6 is 0 Å². The molecule has 1 radical (unpaired) electrons. The zero-order valence-corrected chi connectivity index (χ0v) is 41.0. The van der Waals surface area contributed by atoms with E-state index in [-0.39, 0.29) is 43.1 Å². The van der Waals surface area contributed by atoms with Crippen LogP contribution in [0.5, 0.6) is 0 Å². The molecule has 323 valence electrons. The van der Waals surface area contributed by atoms with Crippen LogP contribution in [0.3, 0.4) is 0 Å². The van der Waals surface area contributed by atoms with Crippen molar-refractivity contribution in [2.75, 3.05) is 0 Å². The van der Waals surface area contributed by atoms with E-state index in [2.05, 4.69) is 125 Å². The third-order valence-corrected chi connectivity index (χ3v) is 13.6. The summed E-state index contributed by atoms with van der Waals surface area (Å²) in [5.41, 5.74) is 12.1. The van der Waals surface area contributed by atoms with Crippen LogP contribution in [0.4, 0.5) is 0 Å². The van der Waals surface area contributed by atoms with Gasteiger partial charge in [-0.15, -0.1) is 53.6 Å². The van der Waals surface area contributed by atoms with Crippen LogP contribution in [-0.2, 0) is 26.5 Å². The maximum absolute atomic E-state index is 8.35. The van der Waals surface area contributed by atoms with Crippen molar-refractivity contribution in [1.29, 1.82) is 0 Å². The maximum atomic E-state index is 8.35. The Morgan fingerprint density at radius 3 is 2.13 bits per heavy atom. The molecule has 0 amide bonds. The maximum Gasteiger partial charge on any atom is 0.121 e. The average Bonchev–Trinajstić information content (AvgIpc) is 3.86. The van der Waals surface area contributed by atoms with Gasteiger partial charge in [0.15, 0.2) is 0 Å². The molecule has 3 heterocycles. The summed E-state index contributed by atoms with van der Waals surface area (Å²) in [6.07, 6.45) is 3.24. The summed E-state index contributed by atoms with van der Waals surface area (Å²) in [6, 6.07) is 45.8. The molecule has 0 atom stereocenters. The molecular formula is C57H59IrN3OSi-2.